The van der Waals surface area contributed by atoms with Gasteiger partial charge in [-0.1, -0.05) is 6.07 Å². The fraction of sp³-hybridized carbons (Fsp3) is 0.462. The monoisotopic (exact) mass is 689 g/mol. The number of ether oxygens (including phenoxy) is 1. The first kappa shape index (κ1) is 33.2. The van der Waals surface area contributed by atoms with E-state index in [2.05, 4.69) is 28.8 Å². The maximum atomic E-state index is 13.1. The first-order valence-corrected chi connectivity index (χ1v) is 18.3. The zero-order chi connectivity index (χ0) is 35.1. The number of hydrogen-bond donors (Lipinski definition) is 3. The Morgan fingerprint density at radius 2 is 1.78 bits per heavy atom. The highest BCUT2D eigenvalue weighted by atomic mass is 16.5. The molecule has 8 rings (SSSR count). The minimum atomic E-state index is -0.969. The van der Waals surface area contributed by atoms with E-state index in [1.807, 2.05) is 12.4 Å². The largest absolute Gasteiger partial charge is 0.401 e. The van der Waals surface area contributed by atoms with Crippen molar-refractivity contribution in [3.8, 4) is 0 Å². The number of carbonyl (C=O) groups excluding carboxylic acids is 4. The molecule has 5 aliphatic rings. The quantitative estimate of drug-likeness (QED) is 0.146. The molecule has 2 saturated carbocycles. The van der Waals surface area contributed by atoms with Gasteiger partial charge in [-0.2, -0.15) is 0 Å². The maximum absolute atomic E-state index is 13.1. The Hall–Kier alpha value is -4.97. The van der Waals surface area contributed by atoms with E-state index >= 15 is 0 Å². The minimum absolute atomic E-state index is 0.0938. The molecule has 12 heteroatoms. The average molecular weight is 690 g/mol. The van der Waals surface area contributed by atoms with Crippen LogP contribution in [0.2, 0.25) is 0 Å². The van der Waals surface area contributed by atoms with Crippen molar-refractivity contribution >= 4 is 52.1 Å². The predicted octanol–water partition coefficient (Wildman–Crippen LogP) is 4.75. The lowest BCUT2D eigenvalue weighted by molar-refractivity contribution is -0.136. The van der Waals surface area contributed by atoms with Gasteiger partial charge in [0.05, 0.1) is 40.1 Å². The van der Waals surface area contributed by atoms with Crippen LogP contribution >= 0.6 is 0 Å². The summed E-state index contributed by atoms with van der Waals surface area (Å²) in [6, 6.07) is 10.8. The van der Waals surface area contributed by atoms with Gasteiger partial charge in [-0.05, 0) is 111 Å². The highest BCUT2D eigenvalue weighted by Crippen LogP contribution is 2.38. The third kappa shape index (κ3) is 6.89. The van der Waals surface area contributed by atoms with Crippen LogP contribution in [-0.4, -0.2) is 76.6 Å². The van der Waals surface area contributed by atoms with Crippen molar-refractivity contribution in [1.82, 2.24) is 20.2 Å². The van der Waals surface area contributed by atoms with Crippen LogP contribution in [0.5, 0.6) is 0 Å². The molecular weight excluding hydrogens is 646 g/mol. The second kappa shape index (κ2) is 14.0. The molecule has 2 aliphatic carbocycles. The number of anilines is 1. The molecule has 4 heterocycles. The second-order valence-corrected chi connectivity index (χ2v) is 14.6. The van der Waals surface area contributed by atoms with Crippen molar-refractivity contribution < 1.29 is 23.9 Å². The van der Waals surface area contributed by atoms with Crippen LogP contribution in [0.4, 0.5) is 5.69 Å². The highest BCUT2D eigenvalue weighted by molar-refractivity contribution is 6.23. The van der Waals surface area contributed by atoms with E-state index < -0.39 is 29.7 Å². The number of nitrogens with two attached hydrogens (primary N) is 1. The summed E-state index contributed by atoms with van der Waals surface area (Å²) in [6.07, 6.45) is 12.3. The van der Waals surface area contributed by atoms with E-state index in [1.165, 1.54) is 5.56 Å². The standard InChI is InChI=1S/C39H43N7O5/c40-36(24-3-4-24)30(33-21-43-31-8-5-25(18-32(31)44-33)23-11-14-51-15-12-23)20-42-27-16-22(17-27)2-1-13-41-26-6-7-28-29(19-26)39(50)46(38(28)49)34-9-10-35(47)45-37(34)48/h5-8,18-24,27,34,41H,1-4,9-17,40H2,(H,45,47,48). The number of nitrogens with one attached hydrogen (secondary N) is 2. The van der Waals surface area contributed by atoms with Gasteiger partial charge < -0.3 is 15.8 Å². The normalized spacial score (nSPS) is 24.5. The summed E-state index contributed by atoms with van der Waals surface area (Å²) >= 11 is 0. The predicted molar refractivity (Wildman–Crippen MR) is 192 cm³/mol. The van der Waals surface area contributed by atoms with Crippen LogP contribution < -0.4 is 16.4 Å². The van der Waals surface area contributed by atoms with Crippen molar-refractivity contribution in [1.29, 1.82) is 0 Å². The van der Waals surface area contributed by atoms with Crippen LogP contribution in [-0.2, 0) is 14.3 Å². The van der Waals surface area contributed by atoms with Gasteiger partial charge in [0.1, 0.15) is 6.04 Å². The average Bonchev–Trinajstić information content (AvgIpc) is 3.95. The van der Waals surface area contributed by atoms with E-state index in [0.29, 0.717) is 17.8 Å². The summed E-state index contributed by atoms with van der Waals surface area (Å²) in [6.45, 7) is 2.32. The van der Waals surface area contributed by atoms with Gasteiger partial charge >= 0.3 is 0 Å². The van der Waals surface area contributed by atoms with E-state index in [-0.39, 0.29) is 30.0 Å². The van der Waals surface area contributed by atoms with Crippen molar-refractivity contribution in [3.05, 3.63) is 70.7 Å². The Labute approximate surface area is 296 Å². The van der Waals surface area contributed by atoms with Crippen LogP contribution in [0, 0.1) is 11.8 Å². The molecule has 1 atom stereocenters. The third-order valence-electron chi connectivity index (χ3n) is 11.0. The van der Waals surface area contributed by atoms with Gasteiger partial charge in [0, 0.05) is 49.4 Å². The molecule has 12 nitrogen and oxygen atoms in total. The van der Waals surface area contributed by atoms with Gasteiger partial charge in [-0.3, -0.25) is 39.4 Å². The number of fused-ring (bicyclic) bond motifs is 2. The Morgan fingerprint density at radius 3 is 2.57 bits per heavy atom. The lowest BCUT2D eigenvalue weighted by Gasteiger charge is -2.32. The Morgan fingerprint density at radius 1 is 0.980 bits per heavy atom. The Balaban J connectivity index is 0.840. The topological polar surface area (TPSA) is 169 Å². The maximum Gasteiger partial charge on any atom is 0.262 e. The molecule has 3 aromatic rings. The van der Waals surface area contributed by atoms with Gasteiger partial charge in [-0.25, -0.2) is 4.98 Å². The van der Waals surface area contributed by atoms with Crippen LogP contribution in [0.15, 0.2) is 53.3 Å². The smallest absolute Gasteiger partial charge is 0.262 e. The van der Waals surface area contributed by atoms with E-state index in [4.69, 9.17) is 25.4 Å². The van der Waals surface area contributed by atoms with Crippen molar-refractivity contribution in [3.63, 3.8) is 0 Å². The number of carbonyl (C=O) groups is 4. The van der Waals surface area contributed by atoms with Gasteiger partial charge in [-0.15, -0.1) is 0 Å². The number of nitrogens with zero attached hydrogens (tertiary/aromatic N) is 4. The lowest BCUT2D eigenvalue weighted by Crippen LogP contribution is -2.54. The summed E-state index contributed by atoms with van der Waals surface area (Å²) < 4.78 is 5.56. The SMILES string of the molecule is NC(=C(C=NC1CC(CCCNc2ccc3c(c2)C(=O)N(C2CCC(=O)NC2=O)C3=O)C1)c1cnc2ccc(C3CCOCC3)cc2n1)C1CC1. The first-order chi connectivity index (χ1) is 24.8. The molecule has 0 bridgehead atoms. The first-order valence-electron chi connectivity index (χ1n) is 18.3. The van der Waals surface area contributed by atoms with Crippen molar-refractivity contribution in [2.75, 3.05) is 25.1 Å². The van der Waals surface area contributed by atoms with E-state index in [1.54, 1.807) is 18.2 Å². The molecule has 1 aromatic heterocycles. The molecule has 4 N–H and O–H groups in total. The number of amides is 4. The van der Waals surface area contributed by atoms with Crippen LogP contribution in [0.1, 0.15) is 102 Å². The number of allylic oxidation sites excluding steroid dienone is 2. The fourth-order valence-corrected chi connectivity index (χ4v) is 7.79. The molecule has 4 amide bonds. The number of imide groups is 2. The Bertz CT molecular complexity index is 1960. The fourth-order valence-electron chi connectivity index (χ4n) is 7.79. The number of aliphatic imine (C=N–C) groups is 1. The number of benzene rings is 2. The molecule has 0 radical (unpaired) electrons. The molecule has 3 aliphatic heterocycles. The summed E-state index contributed by atoms with van der Waals surface area (Å²) in [5.74, 6) is -0.543. The number of rotatable bonds is 11. The second-order valence-electron chi connectivity index (χ2n) is 14.6. The number of hydrogen-bond acceptors (Lipinski definition) is 10. The zero-order valence-corrected chi connectivity index (χ0v) is 28.6. The number of piperidine rings is 1. The van der Waals surface area contributed by atoms with Crippen molar-refractivity contribution in [2.45, 2.75) is 82.2 Å². The molecule has 264 valence electrons. The van der Waals surface area contributed by atoms with Crippen LogP contribution in [0.25, 0.3) is 16.6 Å². The minimum Gasteiger partial charge on any atom is -0.401 e. The van der Waals surface area contributed by atoms with E-state index in [0.717, 1.165) is 110 Å². The molecule has 2 aromatic carbocycles. The molecule has 0 spiro atoms. The molecule has 2 saturated heterocycles. The summed E-state index contributed by atoms with van der Waals surface area (Å²) in [5, 5.41) is 5.61. The third-order valence-corrected chi connectivity index (χ3v) is 11.0. The Kier molecular flexibility index (Phi) is 9.10. The van der Waals surface area contributed by atoms with Gasteiger partial charge in [0.2, 0.25) is 11.8 Å². The molecule has 1 unspecified atom stereocenters. The molecule has 51 heavy (non-hydrogen) atoms. The molecular formula is C39H43N7O5. The van der Waals surface area contributed by atoms with Crippen LogP contribution in [0.3, 0.4) is 0 Å². The zero-order valence-electron chi connectivity index (χ0n) is 28.6. The van der Waals surface area contributed by atoms with Gasteiger partial charge in [0.15, 0.2) is 0 Å². The number of aromatic nitrogens is 2. The molecule has 4 fully saturated rings. The summed E-state index contributed by atoms with van der Waals surface area (Å²) in [7, 11) is 0. The van der Waals surface area contributed by atoms with Crippen molar-refractivity contribution in [2.24, 2.45) is 22.6 Å². The lowest BCUT2D eigenvalue weighted by atomic mass is 9.78. The summed E-state index contributed by atoms with van der Waals surface area (Å²) in [4.78, 5) is 65.7. The summed E-state index contributed by atoms with van der Waals surface area (Å²) in [5.41, 5.74) is 13.6. The van der Waals surface area contributed by atoms with E-state index in [9.17, 15) is 19.2 Å². The van der Waals surface area contributed by atoms with Gasteiger partial charge in [0.25, 0.3) is 11.8 Å². The highest BCUT2D eigenvalue weighted by Gasteiger charge is 2.44.